The molecule has 0 spiro atoms. The second-order valence-corrected chi connectivity index (χ2v) is 14.8. The molecule has 0 aromatic heterocycles. The minimum absolute atomic E-state index is 1.23. The number of rotatable bonds is 3. The fourth-order valence-electron chi connectivity index (χ4n) is 9.36. The zero-order chi connectivity index (χ0) is 35.3. The summed E-state index contributed by atoms with van der Waals surface area (Å²) in [5, 5.41) is 15.5. The summed E-state index contributed by atoms with van der Waals surface area (Å²) in [6.07, 6.45) is 0. The number of hydrogen-bond donors (Lipinski definition) is 0. The molecular weight excluding hydrogens is 649 g/mol. The Bertz CT molecular complexity index is 3350. The molecule has 248 valence electrons. The van der Waals surface area contributed by atoms with Gasteiger partial charge >= 0.3 is 0 Å². The van der Waals surface area contributed by atoms with E-state index in [0.717, 1.165) is 0 Å². The highest BCUT2D eigenvalue weighted by Crippen LogP contribution is 2.49. The SMILES string of the molecule is c1ccc2c(c1)-c1cccc3c(-c4ccc5cc(-c6ccc7ccc(-c8cc9ccc%10ccccc%10c9c9ccccc89)cc7c6)ccc5c4)ccc-2c13. The standard InChI is InChI=1S/C54H32/c1-2-9-44-34(8-1)18-25-41-32-52(47-12-5-6-13-49(47)53(41)44)40-23-17-33-16-19-38(30-42(33)31-40)35-20-21-37-29-39(24-22-36(37)28-35)43-26-27-51-46-11-4-3-10-45(46)50-15-7-14-48(43)54(50)51/h1-32H. The summed E-state index contributed by atoms with van der Waals surface area (Å²) in [6.45, 7) is 0. The van der Waals surface area contributed by atoms with Crippen LogP contribution in [-0.4, -0.2) is 0 Å². The Morgan fingerprint density at radius 1 is 0.185 bits per heavy atom. The van der Waals surface area contributed by atoms with E-state index in [1.54, 1.807) is 0 Å². The van der Waals surface area contributed by atoms with Crippen molar-refractivity contribution in [3.63, 3.8) is 0 Å². The summed E-state index contributed by atoms with van der Waals surface area (Å²) < 4.78 is 0. The van der Waals surface area contributed by atoms with Gasteiger partial charge < -0.3 is 0 Å². The second-order valence-electron chi connectivity index (χ2n) is 14.8. The maximum Gasteiger partial charge on any atom is -0.00201 e. The third-order valence-electron chi connectivity index (χ3n) is 11.9. The molecule has 1 aliphatic carbocycles. The van der Waals surface area contributed by atoms with Crippen LogP contribution in [0.3, 0.4) is 0 Å². The van der Waals surface area contributed by atoms with E-state index < -0.39 is 0 Å². The fraction of sp³-hybridized carbons (Fsp3) is 0. The van der Waals surface area contributed by atoms with Crippen LogP contribution in [0.15, 0.2) is 194 Å². The molecule has 12 rings (SSSR count). The van der Waals surface area contributed by atoms with Crippen molar-refractivity contribution in [1.82, 2.24) is 0 Å². The summed E-state index contributed by atoms with van der Waals surface area (Å²) in [5.41, 5.74) is 12.9. The quantitative estimate of drug-likeness (QED) is 0.163. The molecule has 0 heterocycles. The van der Waals surface area contributed by atoms with Gasteiger partial charge in [0.15, 0.2) is 0 Å². The summed E-state index contributed by atoms with van der Waals surface area (Å²) in [4.78, 5) is 0. The Morgan fingerprint density at radius 2 is 0.685 bits per heavy atom. The normalized spacial score (nSPS) is 12.1. The maximum atomic E-state index is 2.38. The van der Waals surface area contributed by atoms with Crippen molar-refractivity contribution >= 4 is 64.6 Å². The molecule has 0 fully saturated rings. The Balaban J connectivity index is 0.933. The van der Waals surface area contributed by atoms with E-state index in [1.807, 2.05) is 0 Å². The first-order chi connectivity index (χ1) is 26.7. The van der Waals surface area contributed by atoms with Crippen molar-refractivity contribution < 1.29 is 0 Å². The molecule has 54 heavy (non-hydrogen) atoms. The lowest BCUT2D eigenvalue weighted by molar-refractivity contribution is 1.65. The van der Waals surface area contributed by atoms with Crippen molar-refractivity contribution in [3.05, 3.63) is 194 Å². The monoisotopic (exact) mass is 680 g/mol. The average Bonchev–Trinajstić information content (AvgIpc) is 3.57. The fourth-order valence-corrected chi connectivity index (χ4v) is 9.36. The highest BCUT2D eigenvalue weighted by molar-refractivity contribution is 6.23. The smallest absolute Gasteiger partial charge is 0.00201 e. The lowest BCUT2D eigenvalue weighted by Crippen LogP contribution is -1.87. The van der Waals surface area contributed by atoms with Gasteiger partial charge in [-0.1, -0.05) is 164 Å². The average molecular weight is 681 g/mol. The molecule has 0 unspecified atom stereocenters. The molecular formula is C54H32. The minimum Gasteiger partial charge on any atom is -0.0616 e. The first-order valence-corrected chi connectivity index (χ1v) is 18.8. The minimum atomic E-state index is 1.23. The molecule has 11 aromatic carbocycles. The number of fused-ring (bicyclic) bond motifs is 10. The molecule has 1 aliphatic rings. The van der Waals surface area contributed by atoms with Crippen LogP contribution < -0.4 is 0 Å². The molecule has 0 heteroatoms. The number of hydrogen-bond acceptors (Lipinski definition) is 0. The van der Waals surface area contributed by atoms with Gasteiger partial charge in [-0.2, -0.15) is 0 Å². The molecule has 11 aromatic rings. The van der Waals surface area contributed by atoms with Gasteiger partial charge in [0, 0.05) is 0 Å². The first kappa shape index (κ1) is 29.5. The van der Waals surface area contributed by atoms with Crippen molar-refractivity contribution in [2.75, 3.05) is 0 Å². The Kier molecular flexibility index (Phi) is 6.15. The molecule has 0 bridgehead atoms. The second kappa shape index (κ2) is 11.2. The highest BCUT2D eigenvalue weighted by atomic mass is 14.2. The number of benzene rings is 11. The van der Waals surface area contributed by atoms with Gasteiger partial charge in [0.2, 0.25) is 0 Å². The Labute approximate surface area is 313 Å². The van der Waals surface area contributed by atoms with Gasteiger partial charge in [0.25, 0.3) is 0 Å². The first-order valence-electron chi connectivity index (χ1n) is 18.8. The van der Waals surface area contributed by atoms with Crippen LogP contribution in [0.5, 0.6) is 0 Å². The van der Waals surface area contributed by atoms with E-state index in [2.05, 4.69) is 194 Å². The molecule has 0 aliphatic heterocycles. The van der Waals surface area contributed by atoms with Crippen LogP contribution in [0, 0.1) is 0 Å². The van der Waals surface area contributed by atoms with Crippen LogP contribution in [-0.2, 0) is 0 Å². The molecule has 0 saturated heterocycles. The van der Waals surface area contributed by atoms with E-state index in [9.17, 15) is 0 Å². The van der Waals surface area contributed by atoms with Crippen molar-refractivity contribution in [1.29, 1.82) is 0 Å². The topological polar surface area (TPSA) is 0 Å². The Morgan fingerprint density at radius 3 is 1.48 bits per heavy atom. The summed E-state index contributed by atoms with van der Waals surface area (Å²) >= 11 is 0. The van der Waals surface area contributed by atoms with Crippen molar-refractivity contribution in [3.8, 4) is 55.6 Å². The van der Waals surface area contributed by atoms with Crippen LogP contribution >= 0.6 is 0 Å². The van der Waals surface area contributed by atoms with Gasteiger partial charge in [-0.25, -0.2) is 0 Å². The zero-order valence-electron chi connectivity index (χ0n) is 29.5. The van der Waals surface area contributed by atoms with E-state index in [-0.39, 0.29) is 0 Å². The van der Waals surface area contributed by atoms with Gasteiger partial charge in [-0.3, -0.25) is 0 Å². The van der Waals surface area contributed by atoms with Crippen LogP contribution in [0.2, 0.25) is 0 Å². The van der Waals surface area contributed by atoms with Gasteiger partial charge in [0.1, 0.15) is 0 Å². The largest absolute Gasteiger partial charge is 0.0616 e. The van der Waals surface area contributed by atoms with Crippen molar-refractivity contribution in [2.24, 2.45) is 0 Å². The third kappa shape index (κ3) is 4.32. The third-order valence-corrected chi connectivity index (χ3v) is 11.9. The molecule has 0 nitrogen and oxygen atoms in total. The lowest BCUT2D eigenvalue weighted by atomic mass is 9.90. The molecule has 0 radical (unpaired) electrons. The molecule has 0 amide bonds. The van der Waals surface area contributed by atoms with Gasteiger partial charge in [-0.05, 0) is 151 Å². The maximum absolute atomic E-state index is 2.38. The van der Waals surface area contributed by atoms with E-state index in [1.165, 1.54) is 120 Å². The van der Waals surface area contributed by atoms with Crippen LogP contribution in [0.4, 0.5) is 0 Å². The van der Waals surface area contributed by atoms with E-state index in [4.69, 9.17) is 0 Å². The summed E-state index contributed by atoms with van der Waals surface area (Å²) in [5.74, 6) is 0. The predicted octanol–water partition coefficient (Wildman–Crippen LogP) is 15.3. The van der Waals surface area contributed by atoms with Crippen molar-refractivity contribution in [2.45, 2.75) is 0 Å². The summed E-state index contributed by atoms with van der Waals surface area (Å²) in [7, 11) is 0. The van der Waals surface area contributed by atoms with E-state index >= 15 is 0 Å². The van der Waals surface area contributed by atoms with E-state index in [0.29, 0.717) is 0 Å². The zero-order valence-corrected chi connectivity index (χ0v) is 29.5. The van der Waals surface area contributed by atoms with Gasteiger partial charge in [0.05, 0.1) is 0 Å². The van der Waals surface area contributed by atoms with Crippen LogP contribution in [0.1, 0.15) is 0 Å². The molecule has 0 saturated carbocycles. The molecule has 0 N–H and O–H groups in total. The van der Waals surface area contributed by atoms with Crippen LogP contribution in [0.25, 0.3) is 120 Å². The Hall–Kier alpha value is -7.02. The predicted molar refractivity (Wildman–Crippen MR) is 232 cm³/mol. The molecule has 0 atom stereocenters. The highest BCUT2D eigenvalue weighted by Gasteiger charge is 2.22. The summed E-state index contributed by atoms with van der Waals surface area (Å²) in [6, 6.07) is 72.4. The van der Waals surface area contributed by atoms with Gasteiger partial charge in [-0.15, -0.1) is 0 Å². The lowest BCUT2D eigenvalue weighted by Gasteiger charge is -2.14.